The van der Waals surface area contributed by atoms with Crippen LogP contribution in [0.2, 0.25) is 0 Å². The Morgan fingerprint density at radius 1 is 1.50 bits per heavy atom. The van der Waals surface area contributed by atoms with Gasteiger partial charge >= 0.3 is 0 Å². The van der Waals surface area contributed by atoms with Crippen LogP contribution in [0.1, 0.15) is 0 Å². The van der Waals surface area contributed by atoms with Crippen molar-refractivity contribution in [1.29, 1.82) is 0 Å². The van der Waals surface area contributed by atoms with Gasteiger partial charge in [0.25, 0.3) is 0 Å². The summed E-state index contributed by atoms with van der Waals surface area (Å²) in [6.45, 7) is 0. The second-order valence-electron chi connectivity index (χ2n) is 2.65. The van der Waals surface area contributed by atoms with E-state index < -0.39 is 0 Å². The fourth-order valence-corrected chi connectivity index (χ4v) is 1.45. The van der Waals surface area contributed by atoms with Crippen molar-refractivity contribution in [3.63, 3.8) is 0 Å². The molecule has 0 amide bonds. The van der Waals surface area contributed by atoms with Crippen molar-refractivity contribution in [3.8, 4) is 0 Å². The van der Waals surface area contributed by atoms with Gasteiger partial charge in [0.2, 0.25) is 0 Å². The van der Waals surface area contributed by atoms with Gasteiger partial charge in [-0.1, -0.05) is 0 Å². The molecule has 0 atom stereocenters. The topological polar surface area (TPSA) is 28.2 Å². The Balaban J connectivity index is 2.71. The zero-order chi connectivity index (χ0) is 8.55. The third-order valence-electron chi connectivity index (χ3n) is 1.69. The molecule has 0 saturated heterocycles. The molecule has 0 fully saturated rings. The van der Waals surface area contributed by atoms with Gasteiger partial charge in [-0.3, -0.25) is 5.01 Å². The first-order valence-corrected chi connectivity index (χ1v) is 4.37. The highest BCUT2D eigenvalue weighted by molar-refractivity contribution is 9.10. The van der Waals surface area contributed by atoms with E-state index in [0.717, 1.165) is 15.0 Å². The van der Waals surface area contributed by atoms with Crippen molar-refractivity contribution in [1.82, 2.24) is 15.4 Å². The van der Waals surface area contributed by atoms with Gasteiger partial charge < -0.3 is 5.43 Å². The molecule has 1 aliphatic rings. The molecule has 0 aliphatic carbocycles. The summed E-state index contributed by atoms with van der Waals surface area (Å²) in [7, 11) is 1.95. The number of nitrogens with zero attached hydrogens (tertiary/aromatic N) is 2. The minimum Gasteiger partial charge on any atom is -0.306 e. The molecule has 1 aromatic rings. The summed E-state index contributed by atoms with van der Waals surface area (Å²) in [4.78, 5) is 4.14. The van der Waals surface area contributed by atoms with Crippen LogP contribution in [-0.4, -0.2) is 17.0 Å². The summed E-state index contributed by atoms with van der Waals surface area (Å²) in [5.41, 5.74) is 3.07. The zero-order valence-electron chi connectivity index (χ0n) is 6.58. The van der Waals surface area contributed by atoms with Gasteiger partial charge in [-0.15, -0.1) is 0 Å². The fourth-order valence-electron chi connectivity index (χ4n) is 1.10. The van der Waals surface area contributed by atoms with Crippen LogP contribution >= 0.6 is 15.9 Å². The summed E-state index contributed by atoms with van der Waals surface area (Å²) in [6.07, 6.45) is 5.78. The molecule has 1 aromatic heterocycles. The molecular formula is C8H8BrN3. The van der Waals surface area contributed by atoms with E-state index in [1.54, 1.807) is 0 Å². The number of pyridine rings is 1. The lowest BCUT2D eigenvalue weighted by Crippen LogP contribution is -2.40. The Hall–Kier alpha value is -1.03. The zero-order valence-corrected chi connectivity index (χ0v) is 8.17. The van der Waals surface area contributed by atoms with Gasteiger partial charge in [-0.25, -0.2) is 4.98 Å². The van der Waals surface area contributed by atoms with E-state index in [1.165, 1.54) is 0 Å². The van der Waals surface area contributed by atoms with Crippen molar-refractivity contribution in [2.75, 3.05) is 7.05 Å². The van der Waals surface area contributed by atoms with E-state index >= 15 is 0 Å². The molecule has 0 unspecified atom stereocenters. The van der Waals surface area contributed by atoms with Crippen LogP contribution in [0.15, 0.2) is 16.9 Å². The molecule has 1 N–H and O–H groups in total. The van der Waals surface area contributed by atoms with Crippen LogP contribution in [-0.2, 0) is 0 Å². The van der Waals surface area contributed by atoms with Gasteiger partial charge in [-0.2, -0.15) is 0 Å². The Kier molecular flexibility index (Phi) is 1.77. The van der Waals surface area contributed by atoms with Crippen LogP contribution in [0.3, 0.4) is 0 Å². The minimum atomic E-state index is 0.859. The van der Waals surface area contributed by atoms with Crippen molar-refractivity contribution in [3.05, 3.63) is 27.3 Å². The first-order valence-electron chi connectivity index (χ1n) is 3.58. The summed E-state index contributed by atoms with van der Waals surface area (Å²) in [6, 6.07) is 1.98. The number of aromatic nitrogens is 1. The quantitative estimate of drug-likeness (QED) is 0.619. The van der Waals surface area contributed by atoms with Crippen LogP contribution in [0.25, 0.3) is 12.4 Å². The van der Waals surface area contributed by atoms with Crippen LogP contribution in [0, 0.1) is 0 Å². The molecule has 0 saturated carbocycles. The van der Waals surface area contributed by atoms with Gasteiger partial charge in [0.05, 0.1) is 0 Å². The molecule has 0 radical (unpaired) electrons. The lowest BCUT2D eigenvalue weighted by atomic mass is 10.3. The van der Waals surface area contributed by atoms with Crippen molar-refractivity contribution in [2.45, 2.75) is 0 Å². The fraction of sp³-hybridized carbons (Fsp3) is 0.125. The average molecular weight is 226 g/mol. The smallest absolute Gasteiger partial charge is 0.106 e. The van der Waals surface area contributed by atoms with Crippen LogP contribution < -0.4 is 15.9 Å². The number of nitrogens with one attached hydrogen (secondary N) is 1. The van der Waals surface area contributed by atoms with E-state index in [4.69, 9.17) is 0 Å². The average Bonchev–Trinajstić information content (AvgIpc) is 2.05. The van der Waals surface area contributed by atoms with Gasteiger partial charge in [0, 0.05) is 36.1 Å². The molecule has 62 valence electrons. The number of rotatable bonds is 0. The summed E-state index contributed by atoms with van der Waals surface area (Å²) in [5, 5.41) is 4.16. The maximum absolute atomic E-state index is 4.14. The number of hydrazine groups is 1. The van der Waals surface area contributed by atoms with Crippen molar-refractivity contribution >= 4 is 28.3 Å². The third-order valence-corrected chi connectivity index (χ3v) is 2.12. The molecular weight excluding hydrogens is 218 g/mol. The molecule has 1 aliphatic heterocycles. The third kappa shape index (κ3) is 1.30. The molecule has 3 nitrogen and oxygen atoms in total. The largest absolute Gasteiger partial charge is 0.306 e. The Morgan fingerprint density at radius 2 is 2.33 bits per heavy atom. The van der Waals surface area contributed by atoms with E-state index in [9.17, 15) is 0 Å². The Morgan fingerprint density at radius 3 is 3.17 bits per heavy atom. The minimum absolute atomic E-state index is 0.859. The first-order chi connectivity index (χ1) is 5.75. The highest BCUT2D eigenvalue weighted by Crippen LogP contribution is 1.97. The molecule has 0 bridgehead atoms. The maximum atomic E-state index is 4.14. The Bertz CT molecular complexity index is 413. The van der Waals surface area contributed by atoms with E-state index in [-0.39, 0.29) is 0 Å². The van der Waals surface area contributed by atoms with Gasteiger partial charge in [-0.05, 0) is 22.0 Å². The van der Waals surface area contributed by atoms with Crippen LogP contribution in [0.4, 0.5) is 0 Å². The lowest BCUT2D eigenvalue weighted by Gasteiger charge is -2.16. The molecule has 2 rings (SSSR count). The molecule has 2 heterocycles. The van der Waals surface area contributed by atoms with Crippen molar-refractivity contribution < 1.29 is 0 Å². The van der Waals surface area contributed by atoms with E-state index in [0.29, 0.717) is 0 Å². The van der Waals surface area contributed by atoms with Gasteiger partial charge in [0.15, 0.2) is 0 Å². The lowest BCUT2D eigenvalue weighted by molar-refractivity contribution is 0.439. The standard InChI is InChI=1S/C8H8BrN3/c1-12-5-7-3-10-8(9)2-6(7)4-11-12/h2-5,11H,1H3. The molecule has 0 aromatic carbocycles. The second-order valence-corrected chi connectivity index (χ2v) is 3.46. The number of hydrogen-bond acceptors (Lipinski definition) is 3. The predicted molar refractivity (Wildman–Crippen MR) is 51.0 cm³/mol. The molecule has 0 spiro atoms. The molecule has 12 heavy (non-hydrogen) atoms. The van der Waals surface area contributed by atoms with E-state index in [2.05, 4.69) is 26.3 Å². The highest BCUT2D eigenvalue weighted by Gasteiger charge is 1.96. The first kappa shape index (κ1) is 7.61. The second kappa shape index (κ2) is 2.79. The summed E-state index contributed by atoms with van der Waals surface area (Å²) < 4.78 is 0.859. The van der Waals surface area contributed by atoms with Gasteiger partial charge in [0.1, 0.15) is 4.60 Å². The number of hydrogen-bond donors (Lipinski definition) is 1. The normalized spacial score (nSPS) is 14.0. The maximum Gasteiger partial charge on any atom is 0.106 e. The van der Waals surface area contributed by atoms with Crippen molar-refractivity contribution in [2.24, 2.45) is 0 Å². The van der Waals surface area contributed by atoms with E-state index in [1.807, 2.05) is 36.7 Å². The molecule has 4 heteroatoms. The number of fused-ring (bicyclic) bond motifs is 1. The monoisotopic (exact) mass is 225 g/mol. The Labute approximate surface area is 78.5 Å². The number of halogens is 1. The highest BCUT2D eigenvalue weighted by atomic mass is 79.9. The predicted octanol–water partition coefficient (Wildman–Crippen LogP) is -0.230. The summed E-state index contributed by atoms with van der Waals surface area (Å²) >= 11 is 3.32. The van der Waals surface area contributed by atoms with Crippen LogP contribution in [0.5, 0.6) is 0 Å². The summed E-state index contributed by atoms with van der Waals surface area (Å²) in [5.74, 6) is 0. The SMILES string of the molecule is CN1C=c2cnc(Br)cc2=CN1.